The molecule has 252 valence electrons. The van der Waals surface area contributed by atoms with Crippen LogP contribution in [0.15, 0.2) is 42.6 Å². The number of hydrogen-bond acceptors (Lipinski definition) is 7. The van der Waals surface area contributed by atoms with Crippen molar-refractivity contribution in [1.82, 2.24) is 14.4 Å². The van der Waals surface area contributed by atoms with Crippen molar-refractivity contribution >= 4 is 51.8 Å². The number of nitrogens with zero attached hydrogens (tertiary/aromatic N) is 3. The number of rotatable bonds is 13. The molecule has 47 heavy (non-hydrogen) atoms. The summed E-state index contributed by atoms with van der Waals surface area (Å²) in [6.07, 6.45) is 4.71. The lowest BCUT2D eigenvalue weighted by molar-refractivity contribution is -0.244. The number of aromatic nitrogens is 1. The number of carboxylic acids is 1. The number of carbonyl (C=O) groups excluding carboxylic acids is 3. The van der Waals surface area contributed by atoms with E-state index in [9.17, 15) is 24.3 Å². The van der Waals surface area contributed by atoms with Gasteiger partial charge in [-0.3, -0.25) is 24.1 Å². The van der Waals surface area contributed by atoms with Gasteiger partial charge in [-0.15, -0.1) is 0 Å². The van der Waals surface area contributed by atoms with E-state index < -0.39 is 35.8 Å². The summed E-state index contributed by atoms with van der Waals surface area (Å²) in [6, 6.07) is 9.81. The van der Waals surface area contributed by atoms with E-state index >= 15 is 4.39 Å². The number of halogens is 2. The molecule has 13 heteroatoms. The highest BCUT2D eigenvalue weighted by atomic mass is 35.5. The lowest BCUT2D eigenvalue weighted by Crippen LogP contribution is -2.44. The third kappa shape index (κ3) is 8.55. The lowest BCUT2D eigenvalue weighted by atomic mass is 9.87. The van der Waals surface area contributed by atoms with E-state index in [1.807, 2.05) is 40.8 Å². The highest BCUT2D eigenvalue weighted by molar-refractivity contribution is 6.34. The number of amides is 2. The van der Waals surface area contributed by atoms with Crippen molar-refractivity contribution in [2.75, 3.05) is 38.6 Å². The topological polar surface area (TPSA) is 130 Å². The Morgan fingerprint density at radius 1 is 1.11 bits per heavy atom. The Kier molecular flexibility index (Phi) is 11.3. The van der Waals surface area contributed by atoms with Gasteiger partial charge < -0.3 is 29.4 Å². The van der Waals surface area contributed by atoms with Crippen molar-refractivity contribution in [3.63, 3.8) is 0 Å². The number of aliphatic carboxylic acids is 1. The van der Waals surface area contributed by atoms with Gasteiger partial charge in [0, 0.05) is 50.7 Å². The number of benzene rings is 2. The van der Waals surface area contributed by atoms with Crippen LogP contribution in [0, 0.1) is 11.7 Å². The minimum absolute atomic E-state index is 0.0420. The quantitative estimate of drug-likeness (QED) is 0.247. The van der Waals surface area contributed by atoms with Gasteiger partial charge in [0.05, 0.1) is 34.8 Å². The lowest BCUT2D eigenvalue weighted by Gasteiger charge is -2.34. The first-order chi connectivity index (χ1) is 22.5. The number of ether oxygens (including phenoxy) is 2. The van der Waals surface area contributed by atoms with E-state index in [-0.39, 0.29) is 47.9 Å². The third-order valence-corrected chi connectivity index (χ3v) is 9.19. The minimum Gasteiger partial charge on any atom is -0.481 e. The number of aryl methyl sites for hydroxylation is 1. The Morgan fingerprint density at radius 2 is 1.81 bits per heavy atom. The van der Waals surface area contributed by atoms with E-state index in [0.717, 1.165) is 42.9 Å². The number of para-hydroxylation sites is 1. The summed E-state index contributed by atoms with van der Waals surface area (Å²) in [5.74, 6) is -3.16. The van der Waals surface area contributed by atoms with Gasteiger partial charge in [0.1, 0.15) is 12.4 Å². The molecule has 1 saturated carbocycles. The highest BCUT2D eigenvalue weighted by Crippen LogP contribution is 2.30. The Labute approximate surface area is 277 Å². The maximum absolute atomic E-state index is 15.1. The Bertz CT molecular complexity index is 1630. The zero-order valence-corrected chi connectivity index (χ0v) is 27.3. The number of ketones is 1. The molecule has 11 nitrogen and oxygen atoms in total. The SMILES string of the molecule is CN(CC(=O)Cc1cc(Cl)c(NC(=O)c2cn(C)c3ccccc23)cc1F)C(=O)COC(OC1CCC(C(=O)O)CC1)N1CCCC1. The first-order valence-electron chi connectivity index (χ1n) is 15.8. The Hall–Kier alpha value is -3.84. The van der Waals surface area contributed by atoms with Crippen LogP contribution in [-0.4, -0.2) is 88.8 Å². The van der Waals surface area contributed by atoms with Crippen LogP contribution in [0.5, 0.6) is 0 Å². The summed E-state index contributed by atoms with van der Waals surface area (Å²) in [7, 11) is 3.30. The first-order valence-corrected chi connectivity index (χ1v) is 16.2. The van der Waals surface area contributed by atoms with Crippen molar-refractivity contribution in [3.8, 4) is 0 Å². The van der Waals surface area contributed by atoms with Crippen molar-refractivity contribution in [1.29, 1.82) is 0 Å². The number of likely N-dealkylation sites (tertiary alicyclic amines) is 1. The molecule has 2 aromatic carbocycles. The summed E-state index contributed by atoms with van der Waals surface area (Å²) >= 11 is 6.39. The molecular weight excluding hydrogens is 631 g/mol. The van der Waals surface area contributed by atoms with Crippen molar-refractivity contribution in [3.05, 3.63) is 64.6 Å². The molecule has 2 amide bonds. The fourth-order valence-electron chi connectivity index (χ4n) is 6.20. The van der Waals surface area contributed by atoms with E-state index in [1.54, 1.807) is 6.20 Å². The predicted octanol–water partition coefficient (Wildman–Crippen LogP) is 4.85. The summed E-state index contributed by atoms with van der Waals surface area (Å²) < 4.78 is 29.0. The van der Waals surface area contributed by atoms with E-state index in [1.165, 1.54) is 18.0 Å². The van der Waals surface area contributed by atoms with Gasteiger partial charge in [-0.1, -0.05) is 29.8 Å². The van der Waals surface area contributed by atoms with Gasteiger partial charge in [-0.2, -0.15) is 0 Å². The van der Waals surface area contributed by atoms with Gasteiger partial charge in [0.25, 0.3) is 5.91 Å². The van der Waals surface area contributed by atoms with Crippen LogP contribution in [0.1, 0.15) is 54.4 Å². The van der Waals surface area contributed by atoms with Gasteiger partial charge >= 0.3 is 5.97 Å². The molecule has 1 unspecified atom stereocenters. The standard InChI is InChI=1S/C34H40ClFN4O7/c1-38-19-26(25-7-3-4-8-30(25)38)32(43)37-29-17-28(36)22(16-27(29)35)15-23(41)18-39(2)31(42)20-46-34(40-13-5-6-14-40)47-24-11-9-21(10-12-24)33(44)45/h3-4,7-8,16-17,19,21,24,34H,5-6,9-15,18,20H2,1-2H3,(H,37,43)(H,44,45). The molecule has 5 rings (SSSR count). The minimum atomic E-state index is -0.789. The monoisotopic (exact) mass is 670 g/mol. The molecule has 3 aromatic rings. The maximum atomic E-state index is 15.1. The maximum Gasteiger partial charge on any atom is 0.306 e. The van der Waals surface area contributed by atoms with Crippen LogP contribution in [-0.2, 0) is 37.3 Å². The average Bonchev–Trinajstić information content (AvgIpc) is 3.70. The highest BCUT2D eigenvalue weighted by Gasteiger charge is 2.32. The Morgan fingerprint density at radius 3 is 2.51 bits per heavy atom. The summed E-state index contributed by atoms with van der Waals surface area (Å²) in [5.41, 5.74) is 1.40. The van der Waals surface area contributed by atoms with E-state index in [2.05, 4.69) is 5.32 Å². The molecule has 1 aliphatic carbocycles. The van der Waals surface area contributed by atoms with Crippen molar-refractivity contribution < 1.29 is 38.1 Å². The molecule has 0 radical (unpaired) electrons. The van der Waals surface area contributed by atoms with Crippen molar-refractivity contribution in [2.24, 2.45) is 13.0 Å². The molecule has 1 saturated heterocycles. The molecule has 2 heterocycles. The average molecular weight is 671 g/mol. The fraction of sp³-hybridized carbons (Fsp3) is 0.471. The van der Waals surface area contributed by atoms with Crippen LogP contribution >= 0.6 is 11.6 Å². The number of carboxylic acid groups (broad SMARTS) is 1. The van der Waals surface area contributed by atoms with Gasteiger partial charge in [0.15, 0.2) is 5.78 Å². The Balaban J connectivity index is 1.13. The molecule has 1 aromatic heterocycles. The van der Waals surface area contributed by atoms with Crippen LogP contribution in [0.25, 0.3) is 10.9 Å². The second-order valence-electron chi connectivity index (χ2n) is 12.3. The van der Waals surface area contributed by atoms with Gasteiger partial charge in [-0.25, -0.2) is 4.39 Å². The number of fused-ring (bicyclic) bond motifs is 1. The number of hydrogen-bond donors (Lipinski definition) is 2. The normalized spacial score (nSPS) is 19.1. The first kappa shape index (κ1) is 34.5. The molecular formula is C34H40ClFN4O7. The second-order valence-corrected chi connectivity index (χ2v) is 12.7. The molecule has 2 fully saturated rings. The zero-order valence-electron chi connectivity index (χ0n) is 26.5. The number of anilines is 1. The zero-order chi connectivity index (χ0) is 33.7. The second kappa shape index (κ2) is 15.4. The predicted molar refractivity (Wildman–Crippen MR) is 174 cm³/mol. The van der Waals surface area contributed by atoms with Crippen LogP contribution in [0.2, 0.25) is 5.02 Å². The van der Waals surface area contributed by atoms with E-state index in [0.29, 0.717) is 31.2 Å². The fourth-order valence-corrected chi connectivity index (χ4v) is 6.43. The summed E-state index contributed by atoms with van der Waals surface area (Å²) in [4.78, 5) is 53.3. The van der Waals surface area contributed by atoms with Crippen molar-refractivity contribution in [2.45, 2.75) is 57.5 Å². The molecule has 0 spiro atoms. The van der Waals surface area contributed by atoms with Gasteiger partial charge in [-0.05, 0) is 62.3 Å². The molecule has 1 atom stereocenters. The van der Waals surface area contributed by atoms with Crippen LogP contribution < -0.4 is 5.32 Å². The molecule has 0 bridgehead atoms. The molecule has 2 aliphatic rings. The van der Waals surface area contributed by atoms with Crippen LogP contribution in [0.3, 0.4) is 0 Å². The smallest absolute Gasteiger partial charge is 0.306 e. The van der Waals surface area contributed by atoms with Crippen LogP contribution in [0.4, 0.5) is 10.1 Å². The molecule has 2 N–H and O–H groups in total. The molecule has 1 aliphatic heterocycles. The third-order valence-electron chi connectivity index (χ3n) is 8.87. The van der Waals surface area contributed by atoms with Gasteiger partial charge in [0.2, 0.25) is 12.3 Å². The number of nitrogens with one attached hydrogen (secondary N) is 1. The number of Topliss-reactive ketones (excluding diaryl/α,β-unsaturated/α-hetero) is 1. The largest absolute Gasteiger partial charge is 0.481 e. The number of likely N-dealkylation sites (N-methyl/N-ethyl adjacent to an activating group) is 1. The summed E-state index contributed by atoms with van der Waals surface area (Å²) in [5, 5.41) is 12.8. The van der Waals surface area contributed by atoms with E-state index in [4.69, 9.17) is 21.1 Å². The number of carbonyl (C=O) groups is 4. The summed E-state index contributed by atoms with van der Waals surface area (Å²) in [6.45, 7) is 0.933.